The van der Waals surface area contributed by atoms with E-state index in [-0.39, 0.29) is 17.3 Å². The monoisotopic (exact) mass is 534 g/mol. The number of rotatable bonds is 7. The Morgan fingerprint density at radius 1 is 1.21 bits per heavy atom. The zero-order chi connectivity index (χ0) is 23.6. The lowest BCUT2D eigenvalue weighted by Gasteiger charge is -2.27. The maximum absolute atomic E-state index is 13.4. The van der Waals surface area contributed by atoms with E-state index in [1.807, 2.05) is 30.3 Å². The largest absolute Gasteiger partial charge is 0.493 e. The van der Waals surface area contributed by atoms with E-state index in [0.29, 0.717) is 17.5 Å². The molecule has 3 aromatic rings. The first-order valence-corrected chi connectivity index (χ1v) is 12.6. The Hall–Kier alpha value is -2.53. The number of methoxy groups -OCH3 is 1. The molecule has 1 N–H and O–H groups in total. The van der Waals surface area contributed by atoms with Gasteiger partial charge in [0.25, 0.3) is 5.56 Å². The molecule has 1 saturated heterocycles. The molecule has 10 heteroatoms. The van der Waals surface area contributed by atoms with Crippen LogP contribution >= 0.6 is 15.9 Å². The summed E-state index contributed by atoms with van der Waals surface area (Å²) in [7, 11) is -2.85. The Labute approximate surface area is 199 Å². The van der Waals surface area contributed by atoms with Gasteiger partial charge in [0.1, 0.15) is 11.9 Å². The summed E-state index contributed by atoms with van der Waals surface area (Å²) in [4.78, 5) is 16.2. The predicted octanol–water partition coefficient (Wildman–Crippen LogP) is 3.63. The van der Waals surface area contributed by atoms with Crippen LogP contribution in [0.5, 0.6) is 5.88 Å². The van der Waals surface area contributed by atoms with Crippen LogP contribution < -0.4 is 5.56 Å². The number of hydrogen-bond acceptors (Lipinski definition) is 7. The van der Waals surface area contributed by atoms with Crippen LogP contribution in [0.2, 0.25) is 0 Å². The molecule has 174 valence electrons. The zero-order valence-electron chi connectivity index (χ0n) is 17.8. The molecule has 4 rings (SSSR count). The highest BCUT2D eigenvalue weighted by Gasteiger charge is 2.35. The van der Waals surface area contributed by atoms with Crippen molar-refractivity contribution < 1.29 is 23.0 Å². The molecule has 1 aliphatic rings. The number of hydrogen-bond donors (Lipinski definition) is 1. The second-order valence-corrected chi connectivity index (χ2v) is 10.4. The minimum absolute atomic E-state index is 0.111. The molecular formula is C23H23BrN2O6S. The number of ether oxygens (including phenoxy) is 2. The number of aromatic hydroxyl groups is 1. The van der Waals surface area contributed by atoms with Gasteiger partial charge >= 0.3 is 0 Å². The lowest BCUT2D eigenvalue weighted by Crippen LogP contribution is -2.30. The summed E-state index contributed by atoms with van der Waals surface area (Å²) in [5, 5.41) is 11.3. The molecular weight excluding hydrogens is 512 g/mol. The van der Waals surface area contributed by atoms with E-state index in [1.165, 1.54) is 23.8 Å². The van der Waals surface area contributed by atoms with Crippen LogP contribution in [0.4, 0.5) is 0 Å². The Morgan fingerprint density at radius 2 is 1.91 bits per heavy atom. The maximum Gasteiger partial charge on any atom is 0.296 e. The van der Waals surface area contributed by atoms with E-state index in [0.717, 1.165) is 12.0 Å². The molecule has 2 atom stereocenters. The fraction of sp³-hybridized carbons (Fsp3) is 0.304. The number of aromatic nitrogens is 2. The molecule has 2 heterocycles. The van der Waals surface area contributed by atoms with Crippen LogP contribution in [0.15, 0.2) is 73.7 Å². The second-order valence-electron chi connectivity index (χ2n) is 7.64. The van der Waals surface area contributed by atoms with Crippen molar-refractivity contribution in [3.8, 4) is 5.88 Å². The van der Waals surface area contributed by atoms with Gasteiger partial charge in [-0.1, -0.05) is 46.3 Å². The molecule has 0 aliphatic carbocycles. The molecule has 0 bridgehead atoms. The zero-order valence-corrected chi connectivity index (χ0v) is 20.3. The average Bonchev–Trinajstić information content (AvgIpc) is 3.33. The highest BCUT2D eigenvalue weighted by Crippen LogP contribution is 2.36. The topological polar surface area (TPSA) is 108 Å². The van der Waals surface area contributed by atoms with Crippen molar-refractivity contribution in [3.63, 3.8) is 0 Å². The molecule has 1 fully saturated rings. The van der Waals surface area contributed by atoms with Crippen LogP contribution in [0.1, 0.15) is 36.4 Å². The molecule has 33 heavy (non-hydrogen) atoms. The van der Waals surface area contributed by atoms with Crippen LogP contribution in [0.3, 0.4) is 0 Å². The van der Waals surface area contributed by atoms with Crippen LogP contribution in [-0.4, -0.2) is 43.4 Å². The van der Waals surface area contributed by atoms with Gasteiger partial charge in [-0.25, -0.2) is 8.42 Å². The van der Waals surface area contributed by atoms with E-state index in [9.17, 15) is 18.3 Å². The van der Waals surface area contributed by atoms with Crippen LogP contribution in [0.25, 0.3) is 0 Å². The van der Waals surface area contributed by atoms with Gasteiger partial charge in [-0.3, -0.25) is 9.36 Å². The average molecular weight is 535 g/mol. The number of sulfone groups is 1. The minimum Gasteiger partial charge on any atom is -0.493 e. The highest BCUT2D eigenvalue weighted by molar-refractivity contribution is 9.10. The summed E-state index contributed by atoms with van der Waals surface area (Å²) < 4.78 is 40.0. The van der Waals surface area contributed by atoms with Crippen molar-refractivity contribution in [1.82, 2.24) is 9.55 Å². The molecule has 0 radical (unpaired) electrons. The summed E-state index contributed by atoms with van der Waals surface area (Å²) >= 11 is 3.27. The van der Waals surface area contributed by atoms with E-state index in [2.05, 4.69) is 20.9 Å². The summed E-state index contributed by atoms with van der Waals surface area (Å²) in [6.07, 6.45) is 0.816. The third-order valence-electron chi connectivity index (χ3n) is 5.52. The van der Waals surface area contributed by atoms with Crippen molar-refractivity contribution in [2.75, 3.05) is 20.3 Å². The summed E-state index contributed by atoms with van der Waals surface area (Å²) in [5.74, 6) is -0.509. The van der Waals surface area contributed by atoms with Crippen LogP contribution in [-0.2, 0) is 19.3 Å². The Morgan fingerprint density at radius 3 is 2.52 bits per heavy atom. The van der Waals surface area contributed by atoms with Gasteiger partial charge in [-0.05, 0) is 42.7 Å². The van der Waals surface area contributed by atoms with Crippen molar-refractivity contribution in [1.29, 1.82) is 0 Å². The Kier molecular flexibility index (Phi) is 6.99. The summed E-state index contributed by atoms with van der Waals surface area (Å²) in [6.45, 7) is 0.597. The molecule has 0 saturated carbocycles. The van der Waals surface area contributed by atoms with Gasteiger partial charge in [0.15, 0.2) is 4.90 Å². The van der Waals surface area contributed by atoms with E-state index >= 15 is 0 Å². The number of benzene rings is 2. The molecule has 2 aromatic carbocycles. The van der Waals surface area contributed by atoms with Gasteiger partial charge < -0.3 is 14.6 Å². The first-order chi connectivity index (χ1) is 15.8. The third kappa shape index (κ3) is 4.61. The summed E-state index contributed by atoms with van der Waals surface area (Å²) in [6, 6.07) is 14.4. The second kappa shape index (κ2) is 9.76. The van der Waals surface area contributed by atoms with Crippen LogP contribution in [0, 0.1) is 0 Å². The smallest absolute Gasteiger partial charge is 0.296 e. The maximum atomic E-state index is 13.4. The Balaban J connectivity index is 1.99. The normalized spacial score (nSPS) is 17.2. The van der Waals surface area contributed by atoms with Gasteiger partial charge in [0.2, 0.25) is 15.7 Å². The SMILES string of the molecule is COC[C@@H](c1ccccc1)n1c(C2CCCO2)nc(=O)c(S(=O)(=O)c2ccc(Br)cc2)c1O. The molecule has 0 spiro atoms. The number of nitrogens with zero attached hydrogens (tertiary/aromatic N) is 2. The fourth-order valence-corrected chi connectivity index (χ4v) is 5.57. The van der Waals surface area contributed by atoms with Crippen molar-refractivity contribution >= 4 is 25.8 Å². The molecule has 1 unspecified atom stereocenters. The van der Waals surface area contributed by atoms with E-state index in [1.54, 1.807) is 12.1 Å². The molecule has 1 aromatic heterocycles. The molecule has 8 nitrogen and oxygen atoms in total. The van der Waals surface area contributed by atoms with Gasteiger partial charge in [0, 0.05) is 18.2 Å². The summed E-state index contributed by atoms with van der Waals surface area (Å²) in [5.41, 5.74) is -0.271. The lowest BCUT2D eigenvalue weighted by atomic mass is 10.1. The quantitative estimate of drug-likeness (QED) is 0.492. The lowest BCUT2D eigenvalue weighted by molar-refractivity contribution is 0.0925. The van der Waals surface area contributed by atoms with Gasteiger partial charge in [-0.15, -0.1) is 0 Å². The number of halogens is 1. The third-order valence-corrected chi connectivity index (χ3v) is 7.84. The fourth-order valence-electron chi connectivity index (χ4n) is 3.96. The minimum atomic E-state index is -4.36. The first kappa shape index (κ1) is 23.6. The van der Waals surface area contributed by atoms with E-state index in [4.69, 9.17) is 9.47 Å². The molecule has 0 amide bonds. The first-order valence-electron chi connectivity index (χ1n) is 10.4. The van der Waals surface area contributed by atoms with E-state index < -0.39 is 38.3 Å². The highest BCUT2D eigenvalue weighted by atomic mass is 79.9. The Bertz CT molecular complexity index is 1290. The predicted molar refractivity (Wildman–Crippen MR) is 124 cm³/mol. The standard InChI is InChI=1S/C23H23BrN2O6S/c1-31-14-18(15-6-3-2-4-7-15)26-21(19-8-5-13-32-19)25-22(27)20(23(26)28)33(29,30)17-11-9-16(24)10-12-17/h2-4,6-7,9-12,18-19,28H,5,8,13-14H2,1H3/t18-,19?/m0/s1. The molecule has 1 aliphatic heterocycles. The van der Waals surface area contributed by atoms with Crippen molar-refractivity contribution in [2.24, 2.45) is 0 Å². The van der Waals surface area contributed by atoms with Crippen molar-refractivity contribution in [3.05, 3.63) is 80.8 Å². The van der Waals surface area contributed by atoms with Gasteiger partial charge in [-0.2, -0.15) is 4.98 Å². The van der Waals surface area contributed by atoms with Gasteiger partial charge in [0.05, 0.1) is 17.5 Å². The van der Waals surface area contributed by atoms with Crippen molar-refractivity contribution in [2.45, 2.75) is 34.8 Å².